The highest BCUT2D eigenvalue weighted by atomic mass is 35.5. The zero-order valence-corrected chi connectivity index (χ0v) is 14.9. The van der Waals surface area contributed by atoms with Gasteiger partial charge in [-0.25, -0.2) is 0 Å². The Morgan fingerprint density at radius 3 is 2.63 bits per heavy atom. The van der Waals surface area contributed by atoms with E-state index in [0.29, 0.717) is 5.69 Å². The summed E-state index contributed by atoms with van der Waals surface area (Å²) in [4.78, 5) is 12.0. The lowest BCUT2D eigenvalue weighted by Gasteiger charge is -2.15. The van der Waals surface area contributed by atoms with Gasteiger partial charge in [0.2, 0.25) is 5.91 Å². The highest BCUT2D eigenvalue weighted by molar-refractivity contribution is 6.32. The largest absolute Gasteiger partial charge is 0.482 e. The number of carbonyl (C=O) groups is 1. The van der Waals surface area contributed by atoms with Gasteiger partial charge in [0, 0.05) is 5.69 Å². The van der Waals surface area contributed by atoms with E-state index in [1.54, 1.807) is 13.0 Å². The lowest BCUT2D eigenvalue weighted by molar-refractivity contribution is -0.153. The number of nitriles is 1. The second-order valence-electron chi connectivity index (χ2n) is 5.61. The third kappa shape index (κ3) is 6.38. The number of benzene rings is 2. The fourth-order valence-corrected chi connectivity index (χ4v) is 2.34. The van der Waals surface area contributed by atoms with Crippen molar-refractivity contribution in [2.75, 3.05) is 23.8 Å². The fourth-order valence-electron chi connectivity index (χ4n) is 2.12. The first-order valence-electron chi connectivity index (χ1n) is 7.71. The summed E-state index contributed by atoms with van der Waals surface area (Å²) in [6.07, 6.45) is -4.47. The minimum atomic E-state index is -4.47. The van der Waals surface area contributed by atoms with Crippen LogP contribution in [0.25, 0.3) is 0 Å². The number of rotatable bonds is 6. The molecule has 0 fully saturated rings. The van der Waals surface area contributed by atoms with Crippen LogP contribution in [0.5, 0.6) is 5.75 Å². The van der Waals surface area contributed by atoms with Crippen LogP contribution >= 0.6 is 11.6 Å². The average Bonchev–Trinajstić information content (AvgIpc) is 2.58. The molecule has 0 unspecified atom stereocenters. The van der Waals surface area contributed by atoms with Crippen molar-refractivity contribution in [3.63, 3.8) is 0 Å². The Morgan fingerprint density at radius 2 is 2.00 bits per heavy atom. The summed E-state index contributed by atoms with van der Waals surface area (Å²) in [6, 6.07) is 11.0. The summed E-state index contributed by atoms with van der Waals surface area (Å²) < 4.78 is 41.9. The van der Waals surface area contributed by atoms with Gasteiger partial charge in [-0.15, -0.1) is 0 Å². The number of hydrogen-bond acceptors (Lipinski definition) is 4. The maximum Gasteiger partial charge on any atom is 0.422 e. The summed E-state index contributed by atoms with van der Waals surface area (Å²) in [7, 11) is 0. The molecule has 0 aliphatic rings. The van der Waals surface area contributed by atoms with Gasteiger partial charge in [0.05, 0.1) is 22.8 Å². The van der Waals surface area contributed by atoms with Crippen molar-refractivity contribution in [1.82, 2.24) is 0 Å². The lowest BCUT2D eigenvalue weighted by atomic mass is 10.2. The molecular weight excluding hydrogens is 383 g/mol. The number of amides is 1. The van der Waals surface area contributed by atoms with Gasteiger partial charge in [-0.2, -0.15) is 18.4 Å². The van der Waals surface area contributed by atoms with Crippen LogP contribution in [0.15, 0.2) is 36.4 Å². The third-order valence-corrected chi connectivity index (χ3v) is 3.65. The summed E-state index contributed by atoms with van der Waals surface area (Å²) >= 11 is 5.90. The summed E-state index contributed by atoms with van der Waals surface area (Å²) in [5, 5.41) is 14.3. The molecule has 2 aromatic carbocycles. The number of halogens is 4. The molecule has 0 aromatic heterocycles. The van der Waals surface area contributed by atoms with Crippen LogP contribution < -0.4 is 15.4 Å². The van der Waals surface area contributed by atoms with Crippen molar-refractivity contribution in [1.29, 1.82) is 5.26 Å². The standard InChI is InChI=1S/C18H15ClF3N3O2/c1-11-2-5-15(16(6-11)27-10-18(20,21)22)24-9-17(26)25-13-4-3-12(8-23)14(19)7-13/h2-7,24H,9-10H2,1H3,(H,25,26). The number of nitrogens with one attached hydrogen (secondary N) is 2. The van der Waals surface area contributed by atoms with Crippen LogP contribution in [-0.2, 0) is 4.79 Å². The van der Waals surface area contributed by atoms with E-state index in [9.17, 15) is 18.0 Å². The number of hydrogen-bond donors (Lipinski definition) is 2. The Hall–Kier alpha value is -2.92. The van der Waals surface area contributed by atoms with Crippen molar-refractivity contribution < 1.29 is 22.7 Å². The normalized spacial score (nSPS) is 10.8. The topological polar surface area (TPSA) is 74.2 Å². The third-order valence-electron chi connectivity index (χ3n) is 3.34. The van der Waals surface area contributed by atoms with E-state index in [0.717, 1.165) is 5.56 Å². The molecule has 0 heterocycles. The molecule has 0 aliphatic heterocycles. The van der Waals surface area contributed by atoms with Gasteiger partial charge < -0.3 is 15.4 Å². The van der Waals surface area contributed by atoms with Crippen molar-refractivity contribution in [2.24, 2.45) is 0 Å². The van der Waals surface area contributed by atoms with Crippen molar-refractivity contribution in [2.45, 2.75) is 13.1 Å². The molecule has 27 heavy (non-hydrogen) atoms. The average molecular weight is 398 g/mol. The molecule has 0 radical (unpaired) electrons. The molecule has 2 aromatic rings. The smallest absolute Gasteiger partial charge is 0.422 e. The van der Waals surface area contributed by atoms with Gasteiger partial charge in [-0.05, 0) is 42.8 Å². The number of aryl methyl sites for hydroxylation is 1. The van der Waals surface area contributed by atoms with Gasteiger partial charge in [-0.1, -0.05) is 17.7 Å². The summed E-state index contributed by atoms with van der Waals surface area (Å²) in [6.45, 7) is 0.0791. The summed E-state index contributed by atoms with van der Waals surface area (Å²) in [5.41, 5.74) is 1.65. The first kappa shape index (κ1) is 20.4. The van der Waals surface area contributed by atoms with Gasteiger partial charge in [0.1, 0.15) is 11.8 Å². The second kappa shape index (κ2) is 8.64. The molecule has 2 N–H and O–H groups in total. The highest BCUT2D eigenvalue weighted by Crippen LogP contribution is 2.28. The van der Waals surface area contributed by atoms with Gasteiger partial charge >= 0.3 is 6.18 Å². The first-order chi connectivity index (χ1) is 12.7. The molecule has 1 amide bonds. The Morgan fingerprint density at radius 1 is 1.26 bits per heavy atom. The molecule has 0 bridgehead atoms. The monoisotopic (exact) mass is 397 g/mol. The van der Waals surface area contributed by atoms with Crippen LogP contribution in [0.2, 0.25) is 5.02 Å². The second-order valence-corrected chi connectivity index (χ2v) is 6.02. The predicted octanol–water partition coefficient (Wildman–Crippen LogP) is 4.51. The SMILES string of the molecule is Cc1ccc(NCC(=O)Nc2ccc(C#N)c(Cl)c2)c(OCC(F)(F)F)c1. The molecule has 2 rings (SSSR count). The molecular formula is C18H15ClF3N3O2. The van der Waals surface area contributed by atoms with E-state index >= 15 is 0 Å². The molecule has 0 aliphatic carbocycles. The zero-order chi connectivity index (χ0) is 20.0. The van der Waals surface area contributed by atoms with Crippen LogP contribution in [0, 0.1) is 18.3 Å². The lowest BCUT2D eigenvalue weighted by Crippen LogP contribution is -2.23. The molecule has 0 saturated heterocycles. The Kier molecular flexibility index (Phi) is 6.53. The molecule has 0 atom stereocenters. The maximum absolute atomic E-state index is 12.4. The molecule has 0 spiro atoms. The van der Waals surface area contributed by atoms with Crippen molar-refractivity contribution in [3.8, 4) is 11.8 Å². The fraction of sp³-hybridized carbons (Fsp3) is 0.222. The van der Waals surface area contributed by atoms with Crippen LogP contribution in [-0.4, -0.2) is 25.2 Å². The Labute approximate surface area is 158 Å². The number of carbonyl (C=O) groups excluding carboxylic acids is 1. The minimum Gasteiger partial charge on any atom is -0.482 e. The minimum absolute atomic E-state index is 0.00143. The maximum atomic E-state index is 12.4. The van der Waals surface area contributed by atoms with E-state index < -0.39 is 18.7 Å². The van der Waals surface area contributed by atoms with Crippen molar-refractivity contribution >= 4 is 28.9 Å². The Bertz CT molecular complexity index is 879. The Balaban J connectivity index is 2.00. The number of ether oxygens (including phenoxy) is 1. The molecule has 9 heteroatoms. The van der Waals surface area contributed by atoms with E-state index in [4.69, 9.17) is 21.6 Å². The number of alkyl halides is 3. The van der Waals surface area contributed by atoms with Crippen LogP contribution in [0.4, 0.5) is 24.5 Å². The quantitative estimate of drug-likeness (QED) is 0.752. The van der Waals surface area contributed by atoms with E-state index in [1.807, 2.05) is 6.07 Å². The highest BCUT2D eigenvalue weighted by Gasteiger charge is 2.28. The zero-order valence-electron chi connectivity index (χ0n) is 14.2. The van der Waals surface area contributed by atoms with E-state index in [1.165, 1.54) is 30.3 Å². The van der Waals surface area contributed by atoms with Gasteiger partial charge in [0.15, 0.2) is 6.61 Å². The predicted molar refractivity (Wildman–Crippen MR) is 96.0 cm³/mol. The van der Waals surface area contributed by atoms with E-state index in [2.05, 4.69) is 10.6 Å². The molecule has 5 nitrogen and oxygen atoms in total. The van der Waals surface area contributed by atoms with E-state index in [-0.39, 0.29) is 28.6 Å². The van der Waals surface area contributed by atoms with Crippen LogP contribution in [0.3, 0.4) is 0 Å². The number of anilines is 2. The van der Waals surface area contributed by atoms with Crippen molar-refractivity contribution in [3.05, 3.63) is 52.5 Å². The van der Waals surface area contributed by atoms with Gasteiger partial charge in [0.25, 0.3) is 0 Å². The van der Waals surface area contributed by atoms with Gasteiger partial charge in [-0.3, -0.25) is 4.79 Å². The molecule has 0 saturated carbocycles. The number of nitrogens with zero attached hydrogens (tertiary/aromatic N) is 1. The summed E-state index contributed by atoms with van der Waals surface area (Å²) in [5.74, 6) is -0.445. The first-order valence-corrected chi connectivity index (χ1v) is 8.09. The van der Waals surface area contributed by atoms with Crippen LogP contribution in [0.1, 0.15) is 11.1 Å². The molecule has 142 valence electrons.